The van der Waals surface area contributed by atoms with Gasteiger partial charge in [-0.3, -0.25) is 9.59 Å². The molecule has 0 fully saturated rings. The summed E-state index contributed by atoms with van der Waals surface area (Å²) in [5.74, 6) is -0.212. The summed E-state index contributed by atoms with van der Waals surface area (Å²) in [6.07, 6.45) is 0. The highest BCUT2D eigenvalue weighted by molar-refractivity contribution is 6.07. The number of carbonyl (C=O) groups is 2. The van der Waals surface area contributed by atoms with E-state index in [0.29, 0.717) is 35.7 Å². The van der Waals surface area contributed by atoms with E-state index in [2.05, 4.69) is 5.32 Å². The Morgan fingerprint density at radius 3 is 2.88 bits per heavy atom. The third kappa shape index (κ3) is 2.53. The monoisotopic (exact) mass is 354 g/mol. The van der Waals surface area contributed by atoms with Crippen molar-refractivity contribution in [3.05, 3.63) is 58.9 Å². The van der Waals surface area contributed by atoms with Gasteiger partial charge in [-0.15, -0.1) is 0 Å². The van der Waals surface area contributed by atoms with E-state index >= 15 is 0 Å². The summed E-state index contributed by atoms with van der Waals surface area (Å²) < 4.78 is 19.7. The molecule has 4 rings (SSSR count). The molecule has 0 aliphatic carbocycles. The molecule has 0 spiro atoms. The average Bonchev–Trinajstić information content (AvgIpc) is 2.77. The topological polar surface area (TPSA) is 58.6 Å². The van der Waals surface area contributed by atoms with Gasteiger partial charge in [0.05, 0.1) is 18.5 Å². The van der Waals surface area contributed by atoms with Crippen LogP contribution in [0.4, 0.5) is 10.1 Å². The average molecular weight is 354 g/mol. The Bertz CT molecular complexity index is 923. The Morgan fingerprint density at radius 2 is 2.08 bits per heavy atom. The number of carbonyl (C=O) groups excluding carboxylic acids is 2. The molecule has 0 bridgehead atoms. The van der Waals surface area contributed by atoms with E-state index in [-0.39, 0.29) is 24.2 Å². The van der Waals surface area contributed by atoms with Gasteiger partial charge in [0.15, 0.2) is 0 Å². The minimum Gasteiger partial charge on any atom is -0.491 e. The number of hydrogen-bond donors (Lipinski definition) is 1. The fraction of sp³-hybridized carbons (Fsp3) is 0.300. The molecule has 0 unspecified atom stereocenters. The second-order valence-electron chi connectivity index (χ2n) is 7.13. The SMILES string of the molecule is CC1(C)C(=O)Nc2cc(C(=O)N3CCOc4cccc(F)c4C3)ccc21. The van der Waals surface area contributed by atoms with E-state index in [1.54, 1.807) is 29.2 Å². The van der Waals surface area contributed by atoms with Gasteiger partial charge in [0.1, 0.15) is 18.2 Å². The minimum atomic E-state index is -0.616. The number of anilines is 1. The van der Waals surface area contributed by atoms with Crippen LogP contribution < -0.4 is 10.1 Å². The van der Waals surface area contributed by atoms with Crippen molar-refractivity contribution in [2.75, 3.05) is 18.5 Å². The molecule has 2 amide bonds. The summed E-state index contributed by atoms with van der Waals surface area (Å²) in [5.41, 5.74) is 1.75. The highest BCUT2D eigenvalue weighted by Crippen LogP contribution is 2.38. The maximum atomic E-state index is 14.1. The van der Waals surface area contributed by atoms with Gasteiger partial charge < -0.3 is 15.0 Å². The van der Waals surface area contributed by atoms with Gasteiger partial charge in [0, 0.05) is 16.8 Å². The number of nitrogens with one attached hydrogen (secondary N) is 1. The Kier molecular flexibility index (Phi) is 3.72. The summed E-state index contributed by atoms with van der Waals surface area (Å²) >= 11 is 0. The molecule has 2 aromatic carbocycles. The van der Waals surface area contributed by atoms with E-state index in [9.17, 15) is 14.0 Å². The van der Waals surface area contributed by atoms with E-state index in [1.807, 2.05) is 19.9 Å². The van der Waals surface area contributed by atoms with Crippen LogP contribution in [-0.4, -0.2) is 29.9 Å². The van der Waals surface area contributed by atoms with Gasteiger partial charge in [-0.25, -0.2) is 4.39 Å². The van der Waals surface area contributed by atoms with Crippen LogP contribution in [0.25, 0.3) is 0 Å². The number of rotatable bonds is 1. The maximum absolute atomic E-state index is 14.1. The molecule has 5 nitrogen and oxygen atoms in total. The standard InChI is InChI=1S/C20H19FN2O3/c1-20(2)14-7-6-12(10-16(14)22-19(20)25)18(24)23-8-9-26-17-5-3-4-15(21)13(17)11-23/h3-7,10H,8-9,11H2,1-2H3,(H,22,25). The van der Waals surface area contributed by atoms with Crippen molar-refractivity contribution in [3.8, 4) is 5.75 Å². The summed E-state index contributed by atoms with van der Waals surface area (Å²) in [6, 6.07) is 9.89. The first kappa shape index (κ1) is 16.6. The van der Waals surface area contributed by atoms with Crippen molar-refractivity contribution in [1.29, 1.82) is 0 Å². The summed E-state index contributed by atoms with van der Waals surface area (Å²) in [6.45, 7) is 4.51. The molecule has 6 heteroatoms. The van der Waals surface area contributed by atoms with Gasteiger partial charge >= 0.3 is 0 Å². The van der Waals surface area contributed by atoms with Crippen LogP contribution in [0.1, 0.15) is 35.3 Å². The zero-order valence-corrected chi connectivity index (χ0v) is 14.6. The van der Waals surface area contributed by atoms with E-state index < -0.39 is 5.41 Å². The highest BCUT2D eigenvalue weighted by Gasteiger charge is 2.38. The molecule has 2 aliphatic heterocycles. The second kappa shape index (κ2) is 5.83. The number of amides is 2. The van der Waals surface area contributed by atoms with Gasteiger partial charge in [0.2, 0.25) is 5.91 Å². The first-order valence-corrected chi connectivity index (χ1v) is 8.53. The number of hydrogen-bond acceptors (Lipinski definition) is 3. The van der Waals surface area contributed by atoms with Gasteiger partial charge in [-0.2, -0.15) is 0 Å². The predicted octanol–water partition coefficient (Wildman–Crippen LogP) is 3.09. The van der Waals surface area contributed by atoms with E-state index in [0.717, 1.165) is 5.56 Å². The quantitative estimate of drug-likeness (QED) is 0.856. The molecule has 2 heterocycles. The van der Waals surface area contributed by atoms with Crippen molar-refractivity contribution < 1.29 is 18.7 Å². The normalized spacial score (nSPS) is 17.7. The molecule has 2 aliphatic rings. The molecule has 134 valence electrons. The van der Waals surface area contributed by atoms with Crippen molar-refractivity contribution >= 4 is 17.5 Å². The fourth-order valence-electron chi connectivity index (χ4n) is 3.45. The Hall–Kier alpha value is -2.89. The lowest BCUT2D eigenvalue weighted by Crippen LogP contribution is -2.32. The third-order valence-electron chi connectivity index (χ3n) is 5.09. The van der Waals surface area contributed by atoms with Crippen LogP contribution in [0.2, 0.25) is 0 Å². The summed E-state index contributed by atoms with van der Waals surface area (Å²) in [7, 11) is 0. The smallest absolute Gasteiger partial charge is 0.254 e. The van der Waals surface area contributed by atoms with Crippen LogP contribution in [0.15, 0.2) is 36.4 Å². The molecule has 26 heavy (non-hydrogen) atoms. The zero-order valence-electron chi connectivity index (χ0n) is 14.6. The first-order chi connectivity index (χ1) is 12.4. The van der Waals surface area contributed by atoms with Gasteiger partial charge in [0.25, 0.3) is 5.91 Å². The molecular formula is C20H19FN2O3. The number of nitrogens with zero attached hydrogens (tertiary/aromatic N) is 1. The summed E-state index contributed by atoms with van der Waals surface area (Å²) in [5, 5.41) is 2.83. The first-order valence-electron chi connectivity index (χ1n) is 8.53. The van der Waals surface area contributed by atoms with Crippen LogP contribution >= 0.6 is 0 Å². The number of ether oxygens (including phenoxy) is 1. The lowest BCUT2D eigenvalue weighted by Gasteiger charge is -2.21. The Morgan fingerprint density at radius 1 is 1.27 bits per heavy atom. The van der Waals surface area contributed by atoms with Crippen molar-refractivity contribution in [2.45, 2.75) is 25.8 Å². The molecule has 2 aromatic rings. The number of benzene rings is 2. The fourth-order valence-corrected chi connectivity index (χ4v) is 3.45. The van der Waals surface area contributed by atoms with E-state index in [4.69, 9.17) is 4.74 Å². The largest absolute Gasteiger partial charge is 0.491 e. The van der Waals surface area contributed by atoms with Crippen molar-refractivity contribution in [2.24, 2.45) is 0 Å². The molecule has 0 saturated carbocycles. The lowest BCUT2D eigenvalue weighted by atomic mass is 9.86. The number of halogens is 1. The van der Waals surface area contributed by atoms with Crippen LogP contribution in [0.5, 0.6) is 5.75 Å². The molecular weight excluding hydrogens is 335 g/mol. The highest BCUT2D eigenvalue weighted by atomic mass is 19.1. The van der Waals surface area contributed by atoms with Crippen molar-refractivity contribution in [1.82, 2.24) is 4.90 Å². The summed E-state index contributed by atoms with van der Waals surface area (Å²) in [4.78, 5) is 26.6. The molecule has 0 saturated heterocycles. The maximum Gasteiger partial charge on any atom is 0.254 e. The Labute approximate surface area is 150 Å². The van der Waals surface area contributed by atoms with Crippen LogP contribution in [-0.2, 0) is 16.8 Å². The Balaban J connectivity index is 1.64. The van der Waals surface area contributed by atoms with E-state index in [1.165, 1.54) is 6.07 Å². The third-order valence-corrected chi connectivity index (χ3v) is 5.09. The van der Waals surface area contributed by atoms with Crippen LogP contribution in [0, 0.1) is 5.82 Å². The molecule has 0 atom stereocenters. The van der Waals surface area contributed by atoms with Gasteiger partial charge in [-0.1, -0.05) is 12.1 Å². The van der Waals surface area contributed by atoms with Gasteiger partial charge in [-0.05, 0) is 43.7 Å². The minimum absolute atomic E-state index is 0.0868. The molecule has 1 N–H and O–H groups in total. The molecule has 0 aromatic heterocycles. The predicted molar refractivity (Wildman–Crippen MR) is 94.7 cm³/mol. The second-order valence-corrected chi connectivity index (χ2v) is 7.13. The zero-order chi connectivity index (χ0) is 18.5. The molecule has 0 radical (unpaired) electrons. The lowest BCUT2D eigenvalue weighted by molar-refractivity contribution is -0.119. The number of fused-ring (bicyclic) bond motifs is 2. The van der Waals surface area contributed by atoms with Crippen molar-refractivity contribution in [3.63, 3.8) is 0 Å². The van der Waals surface area contributed by atoms with Crippen LogP contribution in [0.3, 0.4) is 0 Å².